The van der Waals surface area contributed by atoms with Gasteiger partial charge in [-0.2, -0.15) is 0 Å². The molecule has 0 fully saturated rings. The number of carbonyl (C=O) groups excluding carboxylic acids is 2. The maximum absolute atomic E-state index is 11.8. The molecule has 1 aromatic heterocycles. The number of rotatable bonds is 4. The van der Waals surface area contributed by atoms with Gasteiger partial charge in [-0.05, 0) is 36.8 Å². The van der Waals surface area contributed by atoms with Gasteiger partial charge in [0.05, 0.1) is 7.11 Å². The summed E-state index contributed by atoms with van der Waals surface area (Å²) in [4.78, 5) is 27.1. The molecule has 3 amide bonds. The minimum Gasteiger partial charge on any atom is -0.453 e. The highest BCUT2D eigenvalue weighted by Gasteiger charge is 2.04. The van der Waals surface area contributed by atoms with Crippen molar-refractivity contribution in [1.82, 2.24) is 10.3 Å². The Morgan fingerprint density at radius 1 is 1.09 bits per heavy atom. The summed E-state index contributed by atoms with van der Waals surface area (Å²) in [5, 5.41) is 7.95. The number of benzene rings is 1. The van der Waals surface area contributed by atoms with E-state index in [1.165, 1.54) is 7.11 Å². The summed E-state index contributed by atoms with van der Waals surface area (Å²) in [7, 11) is 1.30. The fourth-order valence-electron chi connectivity index (χ4n) is 1.83. The molecule has 0 spiro atoms. The van der Waals surface area contributed by atoms with Gasteiger partial charge in [0.1, 0.15) is 5.82 Å². The Balaban J connectivity index is 1.83. The highest BCUT2D eigenvalue weighted by atomic mass is 16.5. The zero-order chi connectivity index (χ0) is 16.7. The Hall–Kier alpha value is -3.09. The molecule has 7 nitrogen and oxygen atoms in total. The summed E-state index contributed by atoms with van der Waals surface area (Å²) >= 11 is 0. The molecule has 0 bridgehead atoms. The number of nitrogens with one attached hydrogen (secondary N) is 3. The molecule has 0 aliphatic carbocycles. The molecule has 0 saturated heterocycles. The molecular formula is C16H18N4O3. The minimum absolute atomic E-state index is 0.333. The number of hydrogen-bond donors (Lipinski definition) is 3. The zero-order valence-corrected chi connectivity index (χ0v) is 12.9. The van der Waals surface area contributed by atoms with Crippen LogP contribution in [0.15, 0.2) is 42.5 Å². The fraction of sp³-hybridized carbons (Fsp3) is 0.188. The van der Waals surface area contributed by atoms with Crippen LogP contribution < -0.4 is 16.0 Å². The number of pyridine rings is 1. The van der Waals surface area contributed by atoms with E-state index in [1.807, 2.05) is 19.1 Å². The van der Waals surface area contributed by atoms with E-state index in [1.54, 1.807) is 30.3 Å². The lowest BCUT2D eigenvalue weighted by molar-refractivity contribution is 0.187. The number of nitrogens with zero attached hydrogens (tertiary/aromatic N) is 1. The van der Waals surface area contributed by atoms with Crippen molar-refractivity contribution in [3.63, 3.8) is 0 Å². The van der Waals surface area contributed by atoms with Crippen LogP contribution >= 0.6 is 0 Å². The van der Waals surface area contributed by atoms with Crippen LogP contribution in [0.3, 0.4) is 0 Å². The predicted molar refractivity (Wildman–Crippen MR) is 87.3 cm³/mol. The van der Waals surface area contributed by atoms with Crippen molar-refractivity contribution in [2.75, 3.05) is 17.7 Å². The van der Waals surface area contributed by atoms with Gasteiger partial charge >= 0.3 is 12.1 Å². The predicted octanol–water partition coefficient (Wildman–Crippen LogP) is 2.89. The number of aromatic nitrogens is 1. The average Bonchev–Trinajstić information content (AvgIpc) is 2.54. The smallest absolute Gasteiger partial charge is 0.411 e. The summed E-state index contributed by atoms with van der Waals surface area (Å²) in [6, 6.07) is 12.1. The average molecular weight is 314 g/mol. The molecule has 2 aromatic rings. The van der Waals surface area contributed by atoms with E-state index in [0.29, 0.717) is 18.1 Å². The third kappa shape index (κ3) is 5.31. The number of aryl methyl sites for hydroxylation is 1. The number of amides is 3. The highest BCUT2D eigenvalue weighted by Crippen LogP contribution is 2.10. The van der Waals surface area contributed by atoms with E-state index in [2.05, 4.69) is 25.7 Å². The minimum atomic E-state index is -0.527. The first-order valence-corrected chi connectivity index (χ1v) is 6.99. The Labute approximate surface area is 134 Å². The third-order valence-corrected chi connectivity index (χ3v) is 2.97. The summed E-state index contributed by atoms with van der Waals surface area (Å²) in [5.41, 5.74) is 2.35. The Morgan fingerprint density at radius 2 is 1.83 bits per heavy atom. The van der Waals surface area contributed by atoms with Crippen LogP contribution in [-0.4, -0.2) is 24.2 Å². The summed E-state index contributed by atoms with van der Waals surface area (Å²) < 4.78 is 4.51. The van der Waals surface area contributed by atoms with Crippen molar-refractivity contribution in [1.29, 1.82) is 0 Å². The Morgan fingerprint density at radius 3 is 2.48 bits per heavy atom. The molecule has 7 heteroatoms. The first-order valence-electron chi connectivity index (χ1n) is 6.99. The SMILES string of the molecule is COC(=O)Nc1ccc(CNC(=O)Nc2cccc(C)n2)cc1. The molecule has 0 aliphatic rings. The van der Waals surface area contributed by atoms with E-state index in [-0.39, 0.29) is 6.03 Å². The lowest BCUT2D eigenvalue weighted by atomic mass is 10.2. The summed E-state index contributed by atoms with van der Waals surface area (Å²) in [5.74, 6) is 0.500. The normalized spacial score (nSPS) is 9.83. The maximum atomic E-state index is 11.8. The topological polar surface area (TPSA) is 92.4 Å². The quantitative estimate of drug-likeness (QED) is 0.809. The molecule has 0 unspecified atom stereocenters. The molecule has 2 rings (SSSR count). The van der Waals surface area contributed by atoms with Crippen LogP contribution in [0.4, 0.5) is 21.1 Å². The number of carbonyl (C=O) groups is 2. The lowest BCUT2D eigenvalue weighted by Gasteiger charge is -2.08. The van der Waals surface area contributed by atoms with Crippen molar-refractivity contribution in [3.8, 4) is 0 Å². The summed E-state index contributed by atoms with van der Waals surface area (Å²) in [6.45, 7) is 2.21. The first-order chi connectivity index (χ1) is 11.1. The van der Waals surface area contributed by atoms with Crippen LogP contribution in [0, 0.1) is 6.92 Å². The number of anilines is 2. The largest absolute Gasteiger partial charge is 0.453 e. The summed E-state index contributed by atoms with van der Waals surface area (Å²) in [6.07, 6.45) is -0.527. The molecule has 0 atom stereocenters. The van der Waals surface area contributed by atoms with E-state index in [0.717, 1.165) is 11.3 Å². The molecule has 3 N–H and O–H groups in total. The monoisotopic (exact) mass is 314 g/mol. The Bertz CT molecular complexity index is 686. The van der Waals surface area contributed by atoms with Gasteiger partial charge in [-0.3, -0.25) is 10.6 Å². The standard InChI is InChI=1S/C16H18N4O3/c1-11-4-3-5-14(18-11)20-15(21)17-10-12-6-8-13(9-7-12)19-16(22)23-2/h3-9H,10H2,1-2H3,(H,19,22)(H2,17,18,20,21). The van der Waals surface area contributed by atoms with Crippen molar-refractivity contribution in [3.05, 3.63) is 53.7 Å². The first kappa shape index (κ1) is 16.3. The van der Waals surface area contributed by atoms with Gasteiger partial charge in [-0.15, -0.1) is 0 Å². The van der Waals surface area contributed by atoms with Crippen LogP contribution in [0.5, 0.6) is 0 Å². The van der Waals surface area contributed by atoms with Crippen LogP contribution in [-0.2, 0) is 11.3 Å². The molecule has 1 aromatic carbocycles. The van der Waals surface area contributed by atoms with Crippen LogP contribution in [0.2, 0.25) is 0 Å². The Kier molecular flexibility index (Phi) is 5.51. The number of urea groups is 1. The molecular weight excluding hydrogens is 296 g/mol. The van der Waals surface area contributed by atoms with Gasteiger partial charge in [-0.25, -0.2) is 14.6 Å². The van der Waals surface area contributed by atoms with Crippen LogP contribution in [0.25, 0.3) is 0 Å². The van der Waals surface area contributed by atoms with Crippen molar-refractivity contribution >= 4 is 23.6 Å². The maximum Gasteiger partial charge on any atom is 0.411 e. The van der Waals surface area contributed by atoms with E-state index in [4.69, 9.17) is 0 Å². The molecule has 120 valence electrons. The third-order valence-electron chi connectivity index (χ3n) is 2.97. The van der Waals surface area contributed by atoms with Crippen molar-refractivity contribution < 1.29 is 14.3 Å². The van der Waals surface area contributed by atoms with Crippen molar-refractivity contribution in [2.24, 2.45) is 0 Å². The van der Waals surface area contributed by atoms with Gasteiger partial charge in [0.25, 0.3) is 0 Å². The van der Waals surface area contributed by atoms with E-state index < -0.39 is 6.09 Å². The highest BCUT2D eigenvalue weighted by molar-refractivity contribution is 5.88. The van der Waals surface area contributed by atoms with E-state index >= 15 is 0 Å². The number of methoxy groups -OCH3 is 1. The van der Waals surface area contributed by atoms with Gasteiger partial charge < -0.3 is 10.1 Å². The second-order valence-corrected chi connectivity index (χ2v) is 4.79. The van der Waals surface area contributed by atoms with E-state index in [9.17, 15) is 9.59 Å². The fourth-order valence-corrected chi connectivity index (χ4v) is 1.83. The van der Waals surface area contributed by atoms with Gasteiger partial charge in [-0.1, -0.05) is 18.2 Å². The van der Waals surface area contributed by atoms with Gasteiger partial charge in [0.2, 0.25) is 0 Å². The molecule has 0 radical (unpaired) electrons. The second kappa shape index (κ2) is 7.79. The molecule has 23 heavy (non-hydrogen) atoms. The van der Waals surface area contributed by atoms with Gasteiger partial charge in [0, 0.05) is 17.9 Å². The zero-order valence-electron chi connectivity index (χ0n) is 12.9. The second-order valence-electron chi connectivity index (χ2n) is 4.79. The van der Waals surface area contributed by atoms with Crippen LogP contribution in [0.1, 0.15) is 11.3 Å². The number of ether oxygens (including phenoxy) is 1. The molecule has 0 aliphatic heterocycles. The van der Waals surface area contributed by atoms with Gasteiger partial charge in [0.15, 0.2) is 0 Å². The lowest BCUT2D eigenvalue weighted by Crippen LogP contribution is -2.28. The van der Waals surface area contributed by atoms with Crippen molar-refractivity contribution in [2.45, 2.75) is 13.5 Å². The molecule has 1 heterocycles. The number of hydrogen-bond acceptors (Lipinski definition) is 4. The molecule has 0 saturated carbocycles.